The van der Waals surface area contributed by atoms with Crippen molar-refractivity contribution in [2.45, 2.75) is 6.92 Å². The van der Waals surface area contributed by atoms with E-state index in [9.17, 15) is 4.79 Å². The first kappa shape index (κ1) is 17.5. The lowest BCUT2D eigenvalue weighted by atomic mass is 10.1. The summed E-state index contributed by atoms with van der Waals surface area (Å²) in [5.41, 5.74) is 2.66. The van der Waals surface area contributed by atoms with Gasteiger partial charge in [0.05, 0.1) is 32.5 Å². The van der Waals surface area contributed by atoms with Gasteiger partial charge in [0.25, 0.3) is 5.91 Å². The molecule has 6 nitrogen and oxygen atoms in total. The third-order valence-corrected chi connectivity index (χ3v) is 4.03. The van der Waals surface area contributed by atoms with Crippen LogP contribution in [0.25, 0.3) is 10.9 Å². The number of nitrogens with zero attached hydrogens (tertiary/aromatic N) is 1. The van der Waals surface area contributed by atoms with E-state index in [0.717, 1.165) is 16.6 Å². The van der Waals surface area contributed by atoms with E-state index in [1.807, 2.05) is 37.3 Å². The van der Waals surface area contributed by atoms with E-state index in [4.69, 9.17) is 14.2 Å². The average Bonchev–Trinajstić information content (AvgIpc) is 2.67. The Labute approximate surface area is 151 Å². The molecule has 26 heavy (non-hydrogen) atoms. The molecule has 3 rings (SSSR count). The maximum atomic E-state index is 12.8. The monoisotopic (exact) mass is 352 g/mol. The molecule has 0 saturated heterocycles. The van der Waals surface area contributed by atoms with E-state index in [1.54, 1.807) is 12.1 Å². The first-order valence-electron chi connectivity index (χ1n) is 8.05. The molecule has 0 fully saturated rings. The Hall–Kier alpha value is -3.28. The third-order valence-electron chi connectivity index (χ3n) is 4.03. The average molecular weight is 352 g/mol. The Morgan fingerprint density at radius 2 is 1.65 bits per heavy atom. The number of fused-ring (bicyclic) bond motifs is 1. The molecular weight excluding hydrogens is 332 g/mol. The zero-order valence-electron chi connectivity index (χ0n) is 15.1. The zero-order valence-corrected chi connectivity index (χ0v) is 15.1. The van der Waals surface area contributed by atoms with Crippen LogP contribution in [-0.4, -0.2) is 32.2 Å². The van der Waals surface area contributed by atoms with Crippen LogP contribution in [0.4, 0.5) is 5.69 Å². The standard InChI is InChI=1S/C20H20N2O4/c1-12-8-9-13-6-5-7-15(18(13)21-12)22-20(23)14-10-16(24-2)19(26-4)17(11-14)25-3/h5-11H,1-4H3,(H,22,23). The number of aromatic nitrogens is 1. The molecule has 0 aliphatic rings. The van der Waals surface area contributed by atoms with Crippen LogP contribution in [0.5, 0.6) is 17.2 Å². The summed E-state index contributed by atoms with van der Waals surface area (Å²) in [7, 11) is 4.54. The molecule has 1 N–H and O–H groups in total. The summed E-state index contributed by atoms with van der Waals surface area (Å²) >= 11 is 0. The van der Waals surface area contributed by atoms with E-state index in [1.165, 1.54) is 21.3 Å². The van der Waals surface area contributed by atoms with Gasteiger partial charge in [-0.05, 0) is 31.2 Å². The lowest BCUT2D eigenvalue weighted by Crippen LogP contribution is -2.13. The summed E-state index contributed by atoms with van der Waals surface area (Å²) in [5.74, 6) is 0.988. The summed E-state index contributed by atoms with van der Waals surface area (Å²) < 4.78 is 15.9. The minimum Gasteiger partial charge on any atom is -0.493 e. The van der Waals surface area contributed by atoms with Crippen molar-refractivity contribution in [2.24, 2.45) is 0 Å². The Morgan fingerprint density at radius 3 is 2.27 bits per heavy atom. The van der Waals surface area contributed by atoms with Crippen molar-refractivity contribution in [2.75, 3.05) is 26.6 Å². The number of amides is 1. The van der Waals surface area contributed by atoms with Crippen LogP contribution < -0.4 is 19.5 Å². The number of methoxy groups -OCH3 is 3. The van der Waals surface area contributed by atoms with Gasteiger partial charge in [-0.3, -0.25) is 9.78 Å². The number of hydrogen-bond donors (Lipinski definition) is 1. The third kappa shape index (κ3) is 3.26. The summed E-state index contributed by atoms with van der Waals surface area (Å²) in [6.07, 6.45) is 0. The van der Waals surface area contributed by atoms with Crippen LogP contribution in [0.1, 0.15) is 16.1 Å². The van der Waals surface area contributed by atoms with Crippen molar-refractivity contribution in [1.29, 1.82) is 0 Å². The summed E-state index contributed by atoms with van der Waals surface area (Å²) in [6.45, 7) is 1.91. The fourth-order valence-electron chi connectivity index (χ4n) is 2.75. The van der Waals surface area contributed by atoms with Crippen molar-refractivity contribution >= 4 is 22.5 Å². The molecule has 2 aromatic carbocycles. The zero-order chi connectivity index (χ0) is 18.7. The van der Waals surface area contributed by atoms with Crippen LogP contribution in [0.2, 0.25) is 0 Å². The Morgan fingerprint density at radius 1 is 0.962 bits per heavy atom. The normalized spacial score (nSPS) is 10.5. The molecule has 0 unspecified atom stereocenters. The highest BCUT2D eigenvalue weighted by Gasteiger charge is 2.17. The molecular formula is C20H20N2O4. The molecule has 1 amide bonds. The van der Waals surface area contributed by atoms with Gasteiger partial charge < -0.3 is 19.5 Å². The SMILES string of the molecule is COc1cc(C(=O)Nc2cccc3ccc(C)nc23)cc(OC)c1OC. The van der Waals surface area contributed by atoms with Gasteiger partial charge in [0.1, 0.15) is 0 Å². The largest absolute Gasteiger partial charge is 0.493 e. The molecule has 1 heterocycles. The maximum Gasteiger partial charge on any atom is 0.256 e. The molecule has 0 aliphatic heterocycles. The predicted molar refractivity (Wildman–Crippen MR) is 101 cm³/mol. The van der Waals surface area contributed by atoms with Gasteiger partial charge in [0.2, 0.25) is 5.75 Å². The highest BCUT2D eigenvalue weighted by molar-refractivity contribution is 6.08. The Kier molecular flexibility index (Phi) is 4.93. The lowest BCUT2D eigenvalue weighted by molar-refractivity contribution is 0.102. The quantitative estimate of drug-likeness (QED) is 0.756. The second kappa shape index (κ2) is 7.31. The molecule has 134 valence electrons. The van der Waals surface area contributed by atoms with Crippen LogP contribution in [-0.2, 0) is 0 Å². The Balaban J connectivity index is 2.00. The highest BCUT2D eigenvalue weighted by atomic mass is 16.5. The van der Waals surface area contributed by atoms with Crippen molar-refractivity contribution in [3.8, 4) is 17.2 Å². The van der Waals surface area contributed by atoms with Gasteiger partial charge in [-0.25, -0.2) is 0 Å². The number of carbonyl (C=O) groups excluding carboxylic acids is 1. The number of para-hydroxylation sites is 1. The molecule has 6 heteroatoms. The van der Waals surface area contributed by atoms with E-state index in [-0.39, 0.29) is 5.91 Å². The smallest absolute Gasteiger partial charge is 0.256 e. The fraction of sp³-hybridized carbons (Fsp3) is 0.200. The van der Waals surface area contributed by atoms with Crippen molar-refractivity contribution in [1.82, 2.24) is 4.98 Å². The predicted octanol–water partition coefficient (Wildman–Crippen LogP) is 3.82. The molecule has 0 atom stereocenters. The molecule has 0 radical (unpaired) electrons. The minimum atomic E-state index is -0.292. The molecule has 1 aromatic heterocycles. The van der Waals surface area contributed by atoms with E-state index in [2.05, 4.69) is 10.3 Å². The van der Waals surface area contributed by atoms with Crippen molar-refractivity contribution < 1.29 is 19.0 Å². The first-order chi connectivity index (χ1) is 12.6. The second-order valence-electron chi connectivity index (χ2n) is 5.70. The number of hydrogen-bond acceptors (Lipinski definition) is 5. The van der Waals surface area contributed by atoms with E-state index in [0.29, 0.717) is 28.5 Å². The van der Waals surface area contributed by atoms with Crippen LogP contribution in [0.15, 0.2) is 42.5 Å². The Bertz CT molecular complexity index is 944. The molecule has 3 aromatic rings. The van der Waals surface area contributed by atoms with Gasteiger partial charge in [0, 0.05) is 16.6 Å². The van der Waals surface area contributed by atoms with E-state index < -0.39 is 0 Å². The molecule has 0 bridgehead atoms. The lowest BCUT2D eigenvalue weighted by Gasteiger charge is -2.14. The summed E-state index contributed by atoms with van der Waals surface area (Å²) in [6, 6.07) is 12.8. The van der Waals surface area contributed by atoms with E-state index >= 15 is 0 Å². The second-order valence-corrected chi connectivity index (χ2v) is 5.70. The van der Waals surface area contributed by atoms with Crippen LogP contribution >= 0.6 is 0 Å². The number of pyridine rings is 1. The number of ether oxygens (including phenoxy) is 3. The van der Waals surface area contributed by atoms with Crippen molar-refractivity contribution in [3.05, 3.63) is 53.7 Å². The molecule has 0 saturated carbocycles. The molecule has 0 aliphatic carbocycles. The van der Waals surface area contributed by atoms with Gasteiger partial charge in [-0.2, -0.15) is 0 Å². The topological polar surface area (TPSA) is 69.7 Å². The number of carbonyl (C=O) groups is 1. The number of aryl methyl sites for hydroxylation is 1. The van der Waals surface area contributed by atoms with Gasteiger partial charge in [-0.15, -0.1) is 0 Å². The van der Waals surface area contributed by atoms with Gasteiger partial charge in [-0.1, -0.05) is 18.2 Å². The first-order valence-corrected chi connectivity index (χ1v) is 8.05. The van der Waals surface area contributed by atoms with Crippen LogP contribution in [0, 0.1) is 6.92 Å². The fourth-order valence-corrected chi connectivity index (χ4v) is 2.75. The van der Waals surface area contributed by atoms with Crippen molar-refractivity contribution in [3.63, 3.8) is 0 Å². The number of nitrogens with one attached hydrogen (secondary N) is 1. The number of anilines is 1. The highest BCUT2D eigenvalue weighted by Crippen LogP contribution is 2.38. The van der Waals surface area contributed by atoms with Gasteiger partial charge >= 0.3 is 0 Å². The minimum absolute atomic E-state index is 0.292. The summed E-state index contributed by atoms with van der Waals surface area (Å²) in [5, 5.41) is 3.87. The van der Waals surface area contributed by atoms with Gasteiger partial charge in [0.15, 0.2) is 11.5 Å². The van der Waals surface area contributed by atoms with Crippen LogP contribution in [0.3, 0.4) is 0 Å². The summed E-state index contributed by atoms with van der Waals surface area (Å²) in [4.78, 5) is 17.3. The molecule has 0 spiro atoms. The number of rotatable bonds is 5. The maximum absolute atomic E-state index is 12.8. The number of benzene rings is 2.